The fourth-order valence-corrected chi connectivity index (χ4v) is 1.95. The SMILES string of the molecule is CC[C@@H](Oc1ccccc1C)C(=O)Nc1cccc(F)c1. The molecule has 0 radical (unpaired) electrons. The number of ether oxygens (including phenoxy) is 1. The van der Waals surface area contributed by atoms with Gasteiger partial charge in [0, 0.05) is 5.69 Å². The fourth-order valence-electron chi connectivity index (χ4n) is 1.95. The Kier molecular flexibility index (Phi) is 4.93. The Morgan fingerprint density at radius 2 is 2.00 bits per heavy atom. The van der Waals surface area contributed by atoms with Crippen molar-refractivity contribution in [1.82, 2.24) is 0 Å². The second-order valence-electron chi connectivity index (χ2n) is 4.78. The Morgan fingerprint density at radius 3 is 2.67 bits per heavy atom. The standard InChI is InChI=1S/C17H18FNO2/c1-3-15(21-16-10-5-4-7-12(16)2)17(20)19-14-9-6-8-13(18)11-14/h4-11,15H,3H2,1-2H3,(H,19,20)/t15-/m1/s1. The van der Waals surface area contributed by atoms with Crippen molar-refractivity contribution in [3.05, 3.63) is 59.9 Å². The molecule has 21 heavy (non-hydrogen) atoms. The fraction of sp³-hybridized carbons (Fsp3) is 0.235. The monoisotopic (exact) mass is 287 g/mol. The number of rotatable bonds is 5. The Bertz CT molecular complexity index is 628. The molecule has 0 aliphatic heterocycles. The van der Waals surface area contributed by atoms with E-state index in [0.29, 0.717) is 17.9 Å². The molecule has 2 rings (SSSR count). The zero-order chi connectivity index (χ0) is 15.2. The van der Waals surface area contributed by atoms with E-state index < -0.39 is 6.10 Å². The number of hydrogen-bond donors (Lipinski definition) is 1. The molecular formula is C17H18FNO2. The van der Waals surface area contributed by atoms with Gasteiger partial charge < -0.3 is 10.1 Å². The van der Waals surface area contributed by atoms with Gasteiger partial charge >= 0.3 is 0 Å². The maximum absolute atomic E-state index is 13.1. The van der Waals surface area contributed by atoms with Gasteiger partial charge in [0.2, 0.25) is 0 Å². The van der Waals surface area contributed by atoms with Crippen LogP contribution in [0, 0.1) is 12.7 Å². The lowest BCUT2D eigenvalue weighted by molar-refractivity contribution is -0.122. The molecule has 2 aromatic rings. The first-order valence-corrected chi connectivity index (χ1v) is 6.89. The van der Waals surface area contributed by atoms with E-state index in [4.69, 9.17) is 4.74 Å². The summed E-state index contributed by atoms with van der Waals surface area (Å²) in [5.74, 6) is 0.00534. The van der Waals surface area contributed by atoms with E-state index in [1.165, 1.54) is 12.1 Å². The zero-order valence-corrected chi connectivity index (χ0v) is 12.1. The number of benzene rings is 2. The average Bonchev–Trinajstić information content (AvgIpc) is 2.46. The van der Waals surface area contributed by atoms with Crippen molar-refractivity contribution in [3.63, 3.8) is 0 Å². The topological polar surface area (TPSA) is 38.3 Å². The van der Waals surface area contributed by atoms with Crippen LogP contribution in [0.2, 0.25) is 0 Å². The first kappa shape index (κ1) is 15.0. The summed E-state index contributed by atoms with van der Waals surface area (Å²) in [5.41, 5.74) is 1.39. The minimum atomic E-state index is -0.616. The van der Waals surface area contributed by atoms with Crippen LogP contribution in [0.1, 0.15) is 18.9 Å². The van der Waals surface area contributed by atoms with Crippen LogP contribution in [0.5, 0.6) is 5.75 Å². The highest BCUT2D eigenvalue weighted by molar-refractivity contribution is 5.94. The molecule has 0 unspecified atom stereocenters. The van der Waals surface area contributed by atoms with Gasteiger partial charge in [-0.15, -0.1) is 0 Å². The summed E-state index contributed by atoms with van der Waals surface area (Å²) in [6.45, 7) is 3.79. The summed E-state index contributed by atoms with van der Waals surface area (Å²) in [7, 11) is 0. The van der Waals surface area contributed by atoms with Crippen molar-refractivity contribution in [2.24, 2.45) is 0 Å². The van der Waals surface area contributed by atoms with Gasteiger partial charge in [-0.05, 0) is 43.2 Å². The number of carbonyl (C=O) groups excluding carboxylic acids is 1. The van der Waals surface area contributed by atoms with Crippen molar-refractivity contribution < 1.29 is 13.9 Å². The van der Waals surface area contributed by atoms with Crippen molar-refractivity contribution >= 4 is 11.6 Å². The number of hydrogen-bond acceptors (Lipinski definition) is 2. The highest BCUT2D eigenvalue weighted by Crippen LogP contribution is 2.19. The van der Waals surface area contributed by atoms with Crippen LogP contribution in [-0.2, 0) is 4.79 Å². The number of nitrogens with one attached hydrogen (secondary N) is 1. The lowest BCUT2D eigenvalue weighted by atomic mass is 10.2. The highest BCUT2D eigenvalue weighted by Gasteiger charge is 2.19. The van der Waals surface area contributed by atoms with E-state index in [1.807, 2.05) is 38.1 Å². The third kappa shape index (κ3) is 4.05. The predicted molar refractivity (Wildman–Crippen MR) is 80.9 cm³/mol. The smallest absolute Gasteiger partial charge is 0.265 e. The molecule has 0 fully saturated rings. The minimum Gasteiger partial charge on any atom is -0.480 e. The van der Waals surface area contributed by atoms with Gasteiger partial charge in [-0.25, -0.2) is 4.39 Å². The molecule has 0 saturated carbocycles. The van der Waals surface area contributed by atoms with E-state index in [0.717, 1.165) is 5.56 Å². The van der Waals surface area contributed by atoms with Crippen LogP contribution in [0.15, 0.2) is 48.5 Å². The van der Waals surface area contributed by atoms with Gasteiger partial charge in [0.1, 0.15) is 11.6 Å². The molecular weight excluding hydrogens is 269 g/mol. The highest BCUT2D eigenvalue weighted by atomic mass is 19.1. The third-order valence-electron chi connectivity index (χ3n) is 3.12. The molecule has 3 nitrogen and oxygen atoms in total. The van der Waals surface area contributed by atoms with E-state index in [-0.39, 0.29) is 11.7 Å². The molecule has 0 heterocycles. The lowest BCUT2D eigenvalue weighted by Crippen LogP contribution is -2.32. The third-order valence-corrected chi connectivity index (χ3v) is 3.12. The molecule has 0 aliphatic rings. The first-order chi connectivity index (χ1) is 10.1. The Morgan fingerprint density at radius 1 is 1.24 bits per heavy atom. The zero-order valence-electron chi connectivity index (χ0n) is 12.1. The summed E-state index contributed by atoms with van der Waals surface area (Å²) < 4.78 is 18.9. The van der Waals surface area contributed by atoms with Crippen LogP contribution in [-0.4, -0.2) is 12.0 Å². The maximum atomic E-state index is 13.1. The molecule has 1 atom stereocenters. The van der Waals surface area contributed by atoms with E-state index in [2.05, 4.69) is 5.32 Å². The number of halogens is 1. The van der Waals surface area contributed by atoms with Gasteiger partial charge in [-0.1, -0.05) is 31.2 Å². The van der Waals surface area contributed by atoms with Gasteiger partial charge in [-0.3, -0.25) is 4.79 Å². The minimum absolute atomic E-state index is 0.286. The van der Waals surface area contributed by atoms with E-state index in [1.54, 1.807) is 12.1 Å². The summed E-state index contributed by atoms with van der Waals surface area (Å²) >= 11 is 0. The van der Waals surface area contributed by atoms with Gasteiger partial charge in [0.25, 0.3) is 5.91 Å². The number of aryl methyl sites for hydroxylation is 1. The Balaban J connectivity index is 2.07. The van der Waals surface area contributed by atoms with E-state index in [9.17, 15) is 9.18 Å². The van der Waals surface area contributed by atoms with Crippen LogP contribution >= 0.6 is 0 Å². The molecule has 0 aliphatic carbocycles. The second kappa shape index (κ2) is 6.88. The normalized spacial score (nSPS) is 11.8. The van der Waals surface area contributed by atoms with Gasteiger partial charge in [0.05, 0.1) is 0 Å². The van der Waals surface area contributed by atoms with E-state index >= 15 is 0 Å². The second-order valence-corrected chi connectivity index (χ2v) is 4.78. The van der Waals surface area contributed by atoms with Gasteiger partial charge in [-0.2, -0.15) is 0 Å². The summed E-state index contributed by atoms with van der Waals surface area (Å²) in [6, 6.07) is 13.3. The Labute approximate surface area is 123 Å². The van der Waals surface area contributed by atoms with Gasteiger partial charge in [0.15, 0.2) is 6.10 Å². The molecule has 1 N–H and O–H groups in total. The predicted octanol–water partition coefficient (Wildman–Crippen LogP) is 3.93. The molecule has 1 amide bonds. The summed E-state index contributed by atoms with van der Waals surface area (Å²) in [5, 5.41) is 2.67. The van der Waals surface area contributed by atoms with Crippen LogP contribution in [0.3, 0.4) is 0 Å². The van der Waals surface area contributed by atoms with Crippen LogP contribution in [0.4, 0.5) is 10.1 Å². The van der Waals surface area contributed by atoms with Crippen LogP contribution < -0.4 is 10.1 Å². The number of amides is 1. The molecule has 0 bridgehead atoms. The van der Waals surface area contributed by atoms with Crippen molar-refractivity contribution in [2.45, 2.75) is 26.4 Å². The van der Waals surface area contributed by atoms with Crippen LogP contribution in [0.25, 0.3) is 0 Å². The first-order valence-electron chi connectivity index (χ1n) is 6.89. The number of anilines is 1. The lowest BCUT2D eigenvalue weighted by Gasteiger charge is -2.18. The molecule has 0 aromatic heterocycles. The molecule has 4 heteroatoms. The molecule has 0 saturated heterocycles. The summed E-state index contributed by atoms with van der Waals surface area (Å²) in [4.78, 5) is 12.2. The average molecular weight is 287 g/mol. The molecule has 2 aromatic carbocycles. The maximum Gasteiger partial charge on any atom is 0.265 e. The van der Waals surface area contributed by atoms with Crippen molar-refractivity contribution in [1.29, 1.82) is 0 Å². The quantitative estimate of drug-likeness (QED) is 0.905. The van der Waals surface area contributed by atoms with Crippen molar-refractivity contribution in [3.8, 4) is 5.75 Å². The Hall–Kier alpha value is -2.36. The summed E-state index contributed by atoms with van der Waals surface area (Å²) in [6.07, 6.45) is -0.0930. The number of para-hydroxylation sites is 1. The number of carbonyl (C=O) groups is 1. The molecule has 110 valence electrons. The van der Waals surface area contributed by atoms with Crippen molar-refractivity contribution in [2.75, 3.05) is 5.32 Å². The molecule has 0 spiro atoms. The largest absolute Gasteiger partial charge is 0.480 e.